The summed E-state index contributed by atoms with van der Waals surface area (Å²) in [6.07, 6.45) is 7.71. The van der Waals surface area contributed by atoms with Crippen LogP contribution in [0.2, 0.25) is 0 Å². The van der Waals surface area contributed by atoms with Crippen LogP contribution in [0.5, 0.6) is 11.5 Å². The van der Waals surface area contributed by atoms with E-state index < -0.39 is 12.2 Å². The lowest BCUT2D eigenvalue weighted by atomic mass is 10.0. The third-order valence-electron chi connectivity index (χ3n) is 7.27. The highest BCUT2D eigenvalue weighted by Gasteiger charge is 2.21. The molecular weight excluding hydrogens is 640 g/mol. The van der Waals surface area contributed by atoms with Gasteiger partial charge in [0.25, 0.3) is 0 Å². The number of carbonyl (C=O) groups is 2. The Balaban J connectivity index is 1.84. The monoisotopic (exact) mass is 688 g/mol. The fourth-order valence-corrected chi connectivity index (χ4v) is 5.49. The molecule has 2 unspecified atom stereocenters. The molecule has 0 aromatic heterocycles. The van der Waals surface area contributed by atoms with Gasteiger partial charge in [-0.15, -0.1) is 0 Å². The number of carbonyl (C=O) groups excluding carboxylic acids is 2. The minimum Gasteiger partial charge on any atom is -0.488 e. The van der Waals surface area contributed by atoms with Crippen LogP contribution >= 0.6 is 15.9 Å². The van der Waals surface area contributed by atoms with Gasteiger partial charge in [0.15, 0.2) is 12.2 Å². The first kappa shape index (κ1) is 36.6. The molecule has 45 heavy (non-hydrogen) atoms. The highest BCUT2D eigenvalue weighted by atomic mass is 79.9. The molecule has 8 nitrogen and oxygen atoms in total. The van der Waals surface area contributed by atoms with E-state index >= 15 is 0 Å². The van der Waals surface area contributed by atoms with Crippen LogP contribution in [0.25, 0.3) is 21.5 Å². The third kappa shape index (κ3) is 12.4. The van der Waals surface area contributed by atoms with E-state index in [1.165, 1.54) is 26.7 Å². The molecule has 0 fully saturated rings. The lowest BCUT2D eigenvalue weighted by Crippen LogP contribution is -2.29. The average molecular weight is 690 g/mol. The van der Waals surface area contributed by atoms with Crippen molar-refractivity contribution in [3.8, 4) is 11.5 Å². The molecule has 3 aromatic carbocycles. The molecule has 0 heterocycles. The van der Waals surface area contributed by atoms with E-state index in [1.54, 1.807) is 0 Å². The van der Waals surface area contributed by atoms with Gasteiger partial charge in [-0.05, 0) is 31.0 Å². The van der Waals surface area contributed by atoms with Crippen LogP contribution in [0.4, 0.5) is 0 Å². The van der Waals surface area contributed by atoms with Gasteiger partial charge in [-0.25, -0.2) is 0 Å². The zero-order valence-corrected chi connectivity index (χ0v) is 28.8. The van der Waals surface area contributed by atoms with Crippen molar-refractivity contribution in [3.05, 3.63) is 46.9 Å². The topological polar surface area (TPSA) is 89.5 Å². The van der Waals surface area contributed by atoms with Crippen LogP contribution in [-0.2, 0) is 28.5 Å². The highest BCUT2D eigenvalue weighted by molar-refractivity contribution is 9.10. The summed E-state index contributed by atoms with van der Waals surface area (Å²) in [7, 11) is 0. The van der Waals surface area contributed by atoms with Crippen molar-refractivity contribution < 1.29 is 38.0 Å². The molecule has 0 spiro atoms. The molecular formula is C36H49BrO8. The second kappa shape index (κ2) is 20.3. The normalized spacial score (nSPS) is 12.6. The summed E-state index contributed by atoms with van der Waals surface area (Å²) in [4.78, 5) is 23.7. The van der Waals surface area contributed by atoms with E-state index in [0.29, 0.717) is 24.7 Å². The molecule has 9 heteroatoms. The number of rotatable bonds is 22. The number of ether oxygens (including phenoxy) is 6. The van der Waals surface area contributed by atoms with Crippen LogP contribution < -0.4 is 9.47 Å². The summed E-state index contributed by atoms with van der Waals surface area (Å²) in [5.41, 5.74) is 0. The molecule has 0 aliphatic rings. The number of hydrogen-bond donors (Lipinski definition) is 0. The van der Waals surface area contributed by atoms with E-state index in [2.05, 4.69) is 29.8 Å². The van der Waals surface area contributed by atoms with Crippen LogP contribution in [0.1, 0.15) is 79.1 Å². The largest absolute Gasteiger partial charge is 0.488 e. The van der Waals surface area contributed by atoms with Crippen molar-refractivity contribution in [2.75, 3.05) is 39.6 Å². The first-order valence-corrected chi connectivity index (χ1v) is 17.0. The van der Waals surface area contributed by atoms with Crippen LogP contribution in [0.3, 0.4) is 0 Å². The Labute approximate surface area is 276 Å². The van der Waals surface area contributed by atoms with Crippen molar-refractivity contribution in [3.63, 3.8) is 0 Å². The zero-order valence-electron chi connectivity index (χ0n) is 27.2. The minimum atomic E-state index is -0.558. The van der Waals surface area contributed by atoms with E-state index in [4.69, 9.17) is 28.4 Å². The molecule has 0 saturated heterocycles. The molecule has 2 atom stereocenters. The quantitative estimate of drug-likeness (QED) is 0.0589. The van der Waals surface area contributed by atoms with E-state index in [0.717, 1.165) is 64.5 Å². The van der Waals surface area contributed by atoms with E-state index in [-0.39, 0.29) is 38.4 Å². The summed E-state index contributed by atoms with van der Waals surface area (Å²) in [6, 6.07) is 13.8. The molecule has 248 valence electrons. The second-order valence-corrected chi connectivity index (χ2v) is 12.2. The Morgan fingerprint density at radius 3 is 1.56 bits per heavy atom. The number of unbranched alkanes of at least 4 members (excludes halogenated alkanes) is 6. The van der Waals surface area contributed by atoms with Gasteiger partial charge in [-0.2, -0.15) is 0 Å². The van der Waals surface area contributed by atoms with Gasteiger partial charge < -0.3 is 28.4 Å². The molecule has 0 radical (unpaired) electrons. The summed E-state index contributed by atoms with van der Waals surface area (Å²) >= 11 is 3.61. The van der Waals surface area contributed by atoms with Crippen molar-refractivity contribution in [2.45, 2.75) is 91.3 Å². The smallest absolute Gasteiger partial charge is 0.303 e. The Morgan fingerprint density at radius 1 is 0.622 bits per heavy atom. The van der Waals surface area contributed by atoms with Crippen molar-refractivity contribution >= 4 is 49.4 Å². The maximum absolute atomic E-state index is 11.9. The summed E-state index contributed by atoms with van der Waals surface area (Å²) in [6.45, 7) is 9.13. The molecule has 3 aromatic rings. The fourth-order valence-electron chi connectivity index (χ4n) is 5.13. The zero-order chi connectivity index (χ0) is 32.4. The summed E-state index contributed by atoms with van der Waals surface area (Å²) in [5, 5.41) is 3.36. The number of benzene rings is 3. The maximum Gasteiger partial charge on any atom is 0.303 e. The van der Waals surface area contributed by atoms with Gasteiger partial charge in [-0.3, -0.25) is 9.59 Å². The molecule has 0 aliphatic carbocycles. The van der Waals surface area contributed by atoms with Gasteiger partial charge in [-0.1, -0.05) is 92.6 Å². The Morgan fingerprint density at radius 2 is 1.09 bits per heavy atom. The highest BCUT2D eigenvalue weighted by Crippen LogP contribution is 2.43. The summed E-state index contributed by atoms with van der Waals surface area (Å²) in [5.74, 6) is 0.549. The van der Waals surface area contributed by atoms with Crippen LogP contribution in [-0.4, -0.2) is 63.8 Å². The number of halogens is 1. The minimum absolute atomic E-state index is 0.129. The lowest BCUT2D eigenvalue weighted by Gasteiger charge is -2.22. The second-order valence-electron chi connectivity index (χ2n) is 11.2. The standard InChI is InChI=1S/C36H49BrO8/c1-5-7-9-13-19-40-22-29(44-26(3)38)24-42-35-31-15-11-12-16-32(31)36(34-21-28(37)17-18-33(34)35)43-25-30(45-27(4)39)23-41-20-14-10-8-6-2/h11-12,15-18,21,29-30H,5-10,13-14,19-20,22-25H2,1-4H3. The molecule has 0 N–H and O–H groups in total. The Bertz CT molecular complexity index is 1340. The predicted molar refractivity (Wildman–Crippen MR) is 181 cm³/mol. The van der Waals surface area contributed by atoms with E-state index in [1.807, 2.05) is 42.5 Å². The maximum atomic E-state index is 11.9. The van der Waals surface area contributed by atoms with E-state index in [9.17, 15) is 9.59 Å². The Kier molecular flexibility index (Phi) is 16.5. The first-order chi connectivity index (χ1) is 21.8. The number of hydrogen-bond acceptors (Lipinski definition) is 8. The van der Waals surface area contributed by atoms with Gasteiger partial charge >= 0.3 is 11.9 Å². The fraction of sp³-hybridized carbons (Fsp3) is 0.556. The average Bonchev–Trinajstić information content (AvgIpc) is 3.01. The van der Waals surface area contributed by atoms with Crippen molar-refractivity contribution in [1.82, 2.24) is 0 Å². The van der Waals surface area contributed by atoms with Gasteiger partial charge in [0.05, 0.1) is 13.2 Å². The summed E-state index contributed by atoms with van der Waals surface area (Å²) < 4.78 is 36.6. The van der Waals surface area contributed by atoms with Crippen LogP contribution in [0.15, 0.2) is 46.9 Å². The van der Waals surface area contributed by atoms with Crippen LogP contribution in [0, 0.1) is 0 Å². The number of esters is 2. The third-order valence-corrected chi connectivity index (χ3v) is 7.76. The van der Waals surface area contributed by atoms with Crippen molar-refractivity contribution in [1.29, 1.82) is 0 Å². The Hall–Kier alpha value is -2.88. The molecule has 0 bridgehead atoms. The van der Waals surface area contributed by atoms with Gasteiger partial charge in [0.1, 0.15) is 24.7 Å². The molecule has 0 aliphatic heterocycles. The lowest BCUT2D eigenvalue weighted by molar-refractivity contribution is -0.152. The molecule has 3 rings (SSSR count). The molecule has 0 amide bonds. The SMILES string of the molecule is CCCCCCOCC(COc1c2ccccc2c(OCC(COCCCCCC)OC(C)=O)c2cc(Br)ccc12)OC(C)=O. The van der Waals surface area contributed by atoms with Gasteiger partial charge in [0, 0.05) is 53.1 Å². The predicted octanol–water partition coefficient (Wildman–Crippen LogP) is 8.57. The number of fused-ring (bicyclic) bond motifs is 2. The van der Waals surface area contributed by atoms with Crippen molar-refractivity contribution in [2.24, 2.45) is 0 Å². The molecule has 0 saturated carbocycles. The van der Waals surface area contributed by atoms with Gasteiger partial charge in [0.2, 0.25) is 0 Å². The first-order valence-electron chi connectivity index (χ1n) is 16.2.